The standard InChI is InChI=1S/C20H20BrClN4O4/c1-29-17-7-18(30-2)14(22)5-12(17)15-10-26-9-13(21)16(6-19(26)24-15)25-4-3-11(8-25)23-20(27)28/h5-7,9-11,23H,3-4,8H2,1-2H3,(H,27,28). The molecule has 0 aliphatic carbocycles. The van der Waals surface area contributed by atoms with Gasteiger partial charge in [-0.2, -0.15) is 0 Å². The summed E-state index contributed by atoms with van der Waals surface area (Å²) in [7, 11) is 3.14. The van der Waals surface area contributed by atoms with Gasteiger partial charge in [0.25, 0.3) is 0 Å². The van der Waals surface area contributed by atoms with Crippen LogP contribution >= 0.6 is 27.5 Å². The van der Waals surface area contributed by atoms with Crippen LogP contribution in [0.4, 0.5) is 10.5 Å². The molecule has 158 valence electrons. The van der Waals surface area contributed by atoms with E-state index in [1.165, 1.54) is 0 Å². The molecule has 1 aliphatic rings. The zero-order chi connectivity index (χ0) is 21.4. The van der Waals surface area contributed by atoms with Gasteiger partial charge in [0.15, 0.2) is 0 Å². The molecule has 1 saturated heterocycles. The fraction of sp³-hybridized carbons (Fsp3) is 0.300. The maximum absolute atomic E-state index is 10.9. The van der Waals surface area contributed by atoms with Crippen molar-refractivity contribution in [2.24, 2.45) is 0 Å². The van der Waals surface area contributed by atoms with Crippen LogP contribution < -0.4 is 19.7 Å². The first kappa shape index (κ1) is 20.6. The first-order chi connectivity index (χ1) is 14.4. The van der Waals surface area contributed by atoms with Crippen LogP contribution in [0, 0.1) is 0 Å². The maximum Gasteiger partial charge on any atom is 0.404 e. The lowest BCUT2D eigenvalue weighted by atomic mass is 10.1. The van der Waals surface area contributed by atoms with E-state index in [1.54, 1.807) is 26.4 Å². The third-order valence-corrected chi connectivity index (χ3v) is 6.04. The number of fused-ring (bicyclic) bond motifs is 1. The second-order valence-electron chi connectivity index (χ2n) is 6.97. The van der Waals surface area contributed by atoms with Gasteiger partial charge in [0.1, 0.15) is 17.1 Å². The van der Waals surface area contributed by atoms with E-state index in [1.807, 2.05) is 22.9 Å². The molecule has 1 aromatic carbocycles. The van der Waals surface area contributed by atoms with E-state index in [0.29, 0.717) is 28.8 Å². The van der Waals surface area contributed by atoms with Crippen LogP contribution in [0.1, 0.15) is 6.42 Å². The summed E-state index contributed by atoms with van der Waals surface area (Å²) in [5.41, 5.74) is 3.20. The summed E-state index contributed by atoms with van der Waals surface area (Å²) < 4.78 is 13.6. The van der Waals surface area contributed by atoms with Crippen molar-refractivity contribution < 1.29 is 19.4 Å². The highest BCUT2D eigenvalue weighted by Gasteiger charge is 2.26. The summed E-state index contributed by atoms with van der Waals surface area (Å²) in [5, 5.41) is 12.0. The number of imidazole rings is 1. The summed E-state index contributed by atoms with van der Waals surface area (Å²) in [6.07, 6.45) is 3.60. The highest BCUT2D eigenvalue weighted by molar-refractivity contribution is 9.10. The molecule has 1 unspecified atom stereocenters. The summed E-state index contributed by atoms with van der Waals surface area (Å²) >= 11 is 9.95. The molecule has 1 amide bonds. The van der Waals surface area contributed by atoms with Crippen molar-refractivity contribution in [1.29, 1.82) is 0 Å². The molecule has 4 rings (SSSR count). The van der Waals surface area contributed by atoms with E-state index >= 15 is 0 Å². The minimum Gasteiger partial charge on any atom is -0.496 e. The second kappa shape index (κ2) is 8.23. The summed E-state index contributed by atoms with van der Waals surface area (Å²) in [6, 6.07) is 5.41. The van der Waals surface area contributed by atoms with Gasteiger partial charge in [0.05, 0.1) is 41.1 Å². The lowest BCUT2D eigenvalue weighted by molar-refractivity contribution is 0.191. The topological polar surface area (TPSA) is 88.3 Å². The zero-order valence-corrected chi connectivity index (χ0v) is 18.7. The lowest BCUT2D eigenvalue weighted by Crippen LogP contribution is -2.36. The van der Waals surface area contributed by atoms with Crippen molar-refractivity contribution in [3.63, 3.8) is 0 Å². The fourth-order valence-corrected chi connectivity index (χ4v) is 4.53. The third kappa shape index (κ3) is 3.87. The minimum absolute atomic E-state index is 0.0911. The number of hydrogen-bond donors (Lipinski definition) is 2. The number of anilines is 1. The first-order valence-electron chi connectivity index (χ1n) is 9.24. The molecule has 3 heterocycles. The van der Waals surface area contributed by atoms with Gasteiger partial charge in [0.2, 0.25) is 0 Å². The number of carboxylic acid groups (broad SMARTS) is 1. The highest BCUT2D eigenvalue weighted by atomic mass is 79.9. The molecule has 1 aliphatic heterocycles. The molecule has 10 heteroatoms. The molecule has 0 radical (unpaired) electrons. The number of nitrogens with zero attached hydrogens (tertiary/aromatic N) is 3. The second-order valence-corrected chi connectivity index (χ2v) is 8.23. The molecule has 3 aromatic rings. The molecule has 30 heavy (non-hydrogen) atoms. The van der Waals surface area contributed by atoms with Crippen LogP contribution in [0.15, 0.2) is 35.1 Å². The average Bonchev–Trinajstić information content (AvgIpc) is 3.33. The summed E-state index contributed by atoms with van der Waals surface area (Å²) in [4.78, 5) is 17.8. The van der Waals surface area contributed by atoms with E-state index in [4.69, 9.17) is 31.2 Å². The number of benzene rings is 1. The van der Waals surface area contributed by atoms with Gasteiger partial charge in [-0.1, -0.05) is 11.6 Å². The Hall–Kier alpha value is -2.65. The number of rotatable bonds is 5. The van der Waals surface area contributed by atoms with Crippen LogP contribution in [-0.4, -0.2) is 53.9 Å². The van der Waals surface area contributed by atoms with E-state index in [9.17, 15) is 4.79 Å². The van der Waals surface area contributed by atoms with Gasteiger partial charge in [-0.15, -0.1) is 0 Å². The largest absolute Gasteiger partial charge is 0.496 e. The van der Waals surface area contributed by atoms with Crippen LogP contribution in [0.3, 0.4) is 0 Å². The van der Waals surface area contributed by atoms with Crippen molar-refractivity contribution in [1.82, 2.24) is 14.7 Å². The number of aromatic nitrogens is 2. The number of nitrogens with one attached hydrogen (secondary N) is 1. The van der Waals surface area contributed by atoms with E-state index in [0.717, 1.165) is 34.3 Å². The molecule has 2 aromatic heterocycles. The SMILES string of the molecule is COc1cc(OC)c(-c2cn3cc(Br)c(N4CCC(NC(=O)O)C4)cc3n2)cc1Cl. The number of amides is 1. The Morgan fingerprint density at radius 3 is 2.73 bits per heavy atom. The monoisotopic (exact) mass is 494 g/mol. The quantitative estimate of drug-likeness (QED) is 0.549. The van der Waals surface area contributed by atoms with Gasteiger partial charge in [0, 0.05) is 43.2 Å². The number of ether oxygens (including phenoxy) is 2. The predicted octanol–water partition coefficient (Wildman–Crippen LogP) is 4.28. The van der Waals surface area contributed by atoms with Crippen LogP contribution in [0.25, 0.3) is 16.9 Å². The van der Waals surface area contributed by atoms with Crippen LogP contribution in [0.5, 0.6) is 11.5 Å². The first-order valence-corrected chi connectivity index (χ1v) is 10.4. The van der Waals surface area contributed by atoms with E-state index in [2.05, 4.69) is 26.1 Å². The summed E-state index contributed by atoms with van der Waals surface area (Å²) in [5.74, 6) is 1.14. The van der Waals surface area contributed by atoms with Crippen molar-refractivity contribution in [3.8, 4) is 22.8 Å². The Labute approximate surface area is 186 Å². The molecular formula is C20H20BrClN4O4. The summed E-state index contributed by atoms with van der Waals surface area (Å²) in [6.45, 7) is 1.37. The van der Waals surface area contributed by atoms with Gasteiger partial charge in [-0.25, -0.2) is 9.78 Å². The Kier molecular flexibility index (Phi) is 5.66. The van der Waals surface area contributed by atoms with E-state index in [-0.39, 0.29) is 6.04 Å². The Morgan fingerprint density at radius 2 is 2.03 bits per heavy atom. The molecule has 8 nitrogen and oxygen atoms in total. The highest BCUT2D eigenvalue weighted by Crippen LogP contribution is 2.39. The van der Waals surface area contributed by atoms with Crippen molar-refractivity contribution in [3.05, 3.63) is 40.1 Å². The van der Waals surface area contributed by atoms with Gasteiger partial charge in [-0.05, 0) is 28.4 Å². The fourth-order valence-electron chi connectivity index (χ4n) is 3.70. The molecule has 0 saturated carbocycles. The van der Waals surface area contributed by atoms with Crippen LogP contribution in [0.2, 0.25) is 5.02 Å². The number of carbonyl (C=O) groups is 1. The predicted molar refractivity (Wildman–Crippen MR) is 118 cm³/mol. The molecule has 1 atom stereocenters. The molecule has 1 fully saturated rings. The van der Waals surface area contributed by atoms with Gasteiger partial charge >= 0.3 is 6.09 Å². The number of pyridine rings is 1. The van der Waals surface area contributed by atoms with Gasteiger partial charge in [-0.3, -0.25) is 0 Å². The molecular weight excluding hydrogens is 476 g/mol. The van der Waals surface area contributed by atoms with Crippen molar-refractivity contribution >= 4 is 45.0 Å². The van der Waals surface area contributed by atoms with E-state index < -0.39 is 6.09 Å². The normalized spacial score (nSPS) is 16.1. The molecule has 2 N–H and O–H groups in total. The molecule has 0 bridgehead atoms. The van der Waals surface area contributed by atoms with Crippen LogP contribution in [-0.2, 0) is 0 Å². The Balaban J connectivity index is 1.70. The average molecular weight is 496 g/mol. The van der Waals surface area contributed by atoms with Crippen molar-refractivity contribution in [2.45, 2.75) is 12.5 Å². The minimum atomic E-state index is -0.999. The third-order valence-electron chi connectivity index (χ3n) is 5.13. The van der Waals surface area contributed by atoms with Crippen molar-refractivity contribution in [2.75, 3.05) is 32.2 Å². The lowest BCUT2D eigenvalue weighted by Gasteiger charge is -2.20. The number of hydrogen-bond acceptors (Lipinski definition) is 5. The van der Waals surface area contributed by atoms with Gasteiger partial charge < -0.3 is 29.2 Å². The maximum atomic E-state index is 10.9. The zero-order valence-electron chi connectivity index (χ0n) is 16.4. The Morgan fingerprint density at radius 1 is 1.27 bits per heavy atom. The molecule has 0 spiro atoms. The Bertz CT molecular complexity index is 1120. The number of halogens is 2. The smallest absolute Gasteiger partial charge is 0.404 e. The number of methoxy groups -OCH3 is 2.